The van der Waals surface area contributed by atoms with Crippen LogP contribution in [-0.4, -0.2) is 47.0 Å². The normalized spacial score (nSPS) is 15.6. The number of nitrogens with zero attached hydrogens (tertiary/aromatic N) is 2. The van der Waals surface area contributed by atoms with Crippen LogP contribution in [0.25, 0.3) is 11.3 Å². The second-order valence-corrected chi connectivity index (χ2v) is 11.7. The van der Waals surface area contributed by atoms with Crippen LogP contribution in [0.1, 0.15) is 44.3 Å². The van der Waals surface area contributed by atoms with Crippen molar-refractivity contribution in [3.05, 3.63) is 87.5 Å². The maximum atomic E-state index is 13.1. The third kappa shape index (κ3) is 5.54. The molecular formula is C31H34N4O2S. The zero-order chi connectivity index (χ0) is 25.9. The minimum absolute atomic E-state index is 0.120. The lowest BCUT2D eigenvalue weighted by molar-refractivity contribution is 0.102. The summed E-state index contributed by atoms with van der Waals surface area (Å²) in [5.41, 5.74) is 5.87. The Morgan fingerprint density at radius 1 is 1.11 bits per heavy atom. The summed E-state index contributed by atoms with van der Waals surface area (Å²) in [6.45, 7) is 5.90. The molecule has 0 saturated carbocycles. The maximum absolute atomic E-state index is 13.1. The van der Waals surface area contributed by atoms with Gasteiger partial charge in [-0.25, -0.2) is 4.98 Å². The van der Waals surface area contributed by atoms with E-state index in [9.17, 15) is 4.79 Å². The van der Waals surface area contributed by atoms with Gasteiger partial charge in [0, 0.05) is 34.6 Å². The quantitative estimate of drug-likeness (QED) is 0.290. The third-order valence-corrected chi connectivity index (χ3v) is 8.74. The van der Waals surface area contributed by atoms with Gasteiger partial charge in [-0.05, 0) is 87.9 Å². The van der Waals surface area contributed by atoms with Gasteiger partial charge in [0.2, 0.25) is 0 Å². The Balaban J connectivity index is 0.973. The number of carbonyl (C=O) groups is 1. The van der Waals surface area contributed by atoms with Gasteiger partial charge in [-0.15, -0.1) is 11.3 Å². The summed E-state index contributed by atoms with van der Waals surface area (Å²) in [6, 6.07) is 18.5. The van der Waals surface area contributed by atoms with Crippen LogP contribution >= 0.6 is 11.3 Å². The molecule has 1 aliphatic carbocycles. The monoisotopic (exact) mass is 526 g/mol. The van der Waals surface area contributed by atoms with Crippen LogP contribution in [0.15, 0.2) is 60.8 Å². The maximum Gasteiger partial charge on any atom is 0.257 e. The van der Waals surface area contributed by atoms with Crippen LogP contribution in [0.4, 0.5) is 5.69 Å². The zero-order valence-electron chi connectivity index (χ0n) is 21.8. The molecule has 1 amide bonds. The van der Waals surface area contributed by atoms with Crippen LogP contribution in [0, 0.1) is 12.8 Å². The first-order valence-electron chi connectivity index (χ1n) is 13.6. The molecular weight excluding hydrogens is 492 g/mol. The highest BCUT2D eigenvalue weighted by molar-refractivity contribution is 7.12. The Hall–Kier alpha value is -3.42. The van der Waals surface area contributed by atoms with E-state index < -0.39 is 0 Å². The van der Waals surface area contributed by atoms with Gasteiger partial charge in [0.1, 0.15) is 12.4 Å². The molecule has 6 nitrogen and oxygen atoms in total. The number of likely N-dealkylation sites (tertiary alicyclic amines) is 1. The van der Waals surface area contributed by atoms with Gasteiger partial charge in [0.25, 0.3) is 5.91 Å². The minimum Gasteiger partial charge on any atom is -0.492 e. The summed E-state index contributed by atoms with van der Waals surface area (Å²) in [7, 11) is 0. The average Bonchev–Trinajstić information content (AvgIpc) is 3.54. The minimum atomic E-state index is -0.120. The number of hydrogen-bond acceptors (Lipinski definition) is 5. The number of aryl methyl sites for hydroxylation is 3. The summed E-state index contributed by atoms with van der Waals surface area (Å²) in [4.78, 5) is 24.9. The van der Waals surface area contributed by atoms with Crippen LogP contribution < -0.4 is 10.1 Å². The fourth-order valence-electron chi connectivity index (χ4n) is 5.67. The van der Waals surface area contributed by atoms with Gasteiger partial charge in [-0.2, -0.15) is 0 Å². The first-order valence-corrected chi connectivity index (χ1v) is 14.4. The number of aromatic nitrogens is 2. The van der Waals surface area contributed by atoms with Gasteiger partial charge in [-0.3, -0.25) is 9.69 Å². The summed E-state index contributed by atoms with van der Waals surface area (Å²) < 4.78 is 6.01. The van der Waals surface area contributed by atoms with Gasteiger partial charge < -0.3 is 15.0 Å². The van der Waals surface area contributed by atoms with E-state index in [-0.39, 0.29) is 5.91 Å². The molecule has 7 heteroatoms. The summed E-state index contributed by atoms with van der Waals surface area (Å²) in [5.74, 6) is 1.48. The molecule has 1 fully saturated rings. The fraction of sp³-hybridized carbons (Fsp3) is 0.355. The number of H-pyrrole nitrogens is 1. The van der Waals surface area contributed by atoms with Crippen LogP contribution in [-0.2, 0) is 19.3 Å². The molecule has 2 aliphatic rings. The van der Waals surface area contributed by atoms with E-state index >= 15 is 0 Å². The molecule has 6 rings (SSSR count). The van der Waals surface area contributed by atoms with E-state index in [1.54, 1.807) is 11.3 Å². The van der Waals surface area contributed by atoms with Gasteiger partial charge in [-0.1, -0.05) is 30.3 Å². The van der Waals surface area contributed by atoms with E-state index in [1.165, 1.54) is 29.7 Å². The Morgan fingerprint density at radius 2 is 1.89 bits per heavy atom. The van der Waals surface area contributed by atoms with Crippen molar-refractivity contribution in [2.75, 3.05) is 31.6 Å². The average molecular weight is 527 g/mol. The van der Waals surface area contributed by atoms with Crippen LogP contribution in [0.3, 0.4) is 0 Å². The predicted octanol–water partition coefficient (Wildman–Crippen LogP) is 6.13. The van der Waals surface area contributed by atoms with Crippen molar-refractivity contribution < 1.29 is 9.53 Å². The predicted molar refractivity (Wildman–Crippen MR) is 153 cm³/mol. The molecule has 4 aromatic rings. The molecule has 2 aromatic heterocycles. The number of benzene rings is 2. The number of anilines is 1. The number of rotatable bonds is 8. The zero-order valence-corrected chi connectivity index (χ0v) is 22.7. The fourth-order valence-corrected chi connectivity index (χ4v) is 6.61. The molecule has 3 heterocycles. The molecule has 0 unspecified atom stereocenters. The highest BCUT2D eigenvalue weighted by Crippen LogP contribution is 2.38. The van der Waals surface area contributed by atoms with E-state index in [2.05, 4.69) is 45.5 Å². The third-order valence-electron chi connectivity index (χ3n) is 7.71. The lowest BCUT2D eigenvalue weighted by atomic mass is 9.90. The molecule has 2 N–H and O–H groups in total. The number of hydrogen-bond donors (Lipinski definition) is 2. The Bertz CT molecular complexity index is 1390. The molecule has 196 valence electrons. The smallest absolute Gasteiger partial charge is 0.257 e. The number of amides is 1. The molecule has 1 saturated heterocycles. The van der Waals surface area contributed by atoms with Crippen molar-refractivity contribution in [1.82, 2.24) is 14.9 Å². The second-order valence-electron chi connectivity index (χ2n) is 10.4. The van der Waals surface area contributed by atoms with E-state index in [4.69, 9.17) is 9.72 Å². The SMILES string of the molecule is Cc1nc2c(s1)CCc1[nH]cc(C(=O)Nc3ccc(OCCN4CCC(Cc5ccccc5)CC4)cc3)c1-2. The van der Waals surface area contributed by atoms with Gasteiger partial charge in [0.05, 0.1) is 16.3 Å². The molecule has 0 radical (unpaired) electrons. The van der Waals surface area contributed by atoms with E-state index in [0.717, 1.165) is 71.8 Å². The lowest BCUT2D eigenvalue weighted by Gasteiger charge is -2.31. The molecule has 38 heavy (non-hydrogen) atoms. The molecule has 2 aromatic carbocycles. The number of aromatic amines is 1. The highest BCUT2D eigenvalue weighted by Gasteiger charge is 2.27. The largest absolute Gasteiger partial charge is 0.492 e. The second kappa shape index (κ2) is 11.1. The topological polar surface area (TPSA) is 70.2 Å². The summed E-state index contributed by atoms with van der Waals surface area (Å²) in [6.07, 6.45) is 7.38. The van der Waals surface area contributed by atoms with Crippen LogP contribution in [0.2, 0.25) is 0 Å². The molecule has 0 spiro atoms. The Morgan fingerprint density at radius 3 is 2.68 bits per heavy atom. The van der Waals surface area contributed by atoms with Gasteiger partial charge in [0.15, 0.2) is 0 Å². The summed E-state index contributed by atoms with van der Waals surface area (Å²) in [5, 5.41) is 4.08. The Labute approximate surface area is 228 Å². The van der Waals surface area contributed by atoms with E-state index in [1.807, 2.05) is 37.4 Å². The van der Waals surface area contributed by atoms with Crippen molar-refractivity contribution >= 4 is 22.9 Å². The molecule has 0 bridgehead atoms. The van der Waals surface area contributed by atoms with Crippen molar-refractivity contribution in [3.63, 3.8) is 0 Å². The lowest BCUT2D eigenvalue weighted by Crippen LogP contribution is -2.37. The van der Waals surface area contributed by atoms with Gasteiger partial charge >= 0.3 is 0 Å². The number of carbonyl (C=O) groups excluding carboxylic acids is 1. The number of ether oxygens (including phenoxy) is 1. The number of piperidine rings is 1. The van der Waals surface area contributed by atoms with Crippen molar-refractivity contribution in [2.45, 2.75) is 39.0 Å². The highest BCUT2D eigenvalue weighted by atomic mass is 32.1. The number of nitrogens with one attached hydrogen (secondary N) is 2. The van der Waals surface area contributed by atoms with E-state index in [0.29, 0.717) is 12.2 Å². The molecule has 0 atom stereocenters. The number of fused-ring (bicyclic) bond motifs is 3. The standard InChI is InChI=1S/C31H34N4O2S/c1-21-33-30-28(38-21)12-11-27-29(30)26(20-32-27)31(36)34-24-7-9-25(10-8-24)37-18-17-35-15-13-23(14-16-35)19-22-5-3-2-4-6-22/h2-10,20,23,32H,11-19H2,1H3,(H,34,36). The van der Waals surface area contributed by atoms with Crippen molar-refractivity contribution in [3.8, 4) is 17.0 Å². The van der Waals surface area contributed by atoms with Crippen molar-refractivity contribution in [1.29, 1.82) is 0 Å². The Kier molecular flexibility index (Phi) is 7.29. The number of thiazole rings is 1. The molecule has 1 aliphatic heterocycles. The first kappa shape index (κ1) is 24.9. The van der Waals surface area contributed by atoms with Crippen molar-refractivity contribution in [2.24, 2.45) is 5.92 Å². The first-order chi connectivity index (χ1) is 18.6. The van der Waals surface area contributed by atoms with Crippen LogP contribution in [0.5, 0.6) is 5.75 Å². The summed E-state index contributed by atoms with van der Waals surface area (Å²) >= 11 is 1.73.